The maximum absolute atomic E-state index is 12.1. The third-order valence-corrected chi connectivity index (χ3v) is 4.32. The lowest BCUT2D eigenvalue weighted by molar-refractivity contribution is 0.0526. The number of ether oxygens (including phenoxy) is 1. The van der Waals surface area contributed by atoms with Gasteiger partial charge >= 0.3 is 5.97 Å². The van der Waals surface area contributed by atoms with E-state index in [1.807, 2.05) is 43.5 Å². The Balaban J connectivity index is 1.98. The lowest BCUT2D eigenvalue weighted by atomic mass is 10.1. The monoisotopic (exact) mass is 327 g/mol. The summed E-state index contributed by atoms with van der Waals surface area (Å²) in [5.41, 5.74) is 2.19. The number of carbonyl (C=O) groups excluding carboxylic acids is 1. The fourth-order valence-electron chi connectivity index (χ4n) is 2.43. The highest BCUT2D eigenvalue weighted by molar-refractivity contribution is 7.12. The Hall–Kier alpha value is -2.40. The Morgan fingerprint density at radius 1 is 1.35 bits per heavy atom. The van der Waals surface area contributed by atoms with Crippen LogP contribution in [0.4, 0.5) is 0 Å². The van der Waals surface area contributed by atoms with Gasteiger partial charge in [0.05, 0.1) is 11.6 Å². The number of rotatable bonds is 4. The number of carbonyl (C=O) groups is 1. The Labute approximate surface area is 138 Å². The fourth-order valence-corrected chi connectivity index (χ4v) is 3.12. The zero-order valence-electron chi connectivity index (χ0n) is 13.3. The van der Waals surface area contributed by atoms with Crippen molar-refractivity contribution < 1.29 is 13.9 Å². The van der Waals surface area contributed by atoms with Gasteiger partial charge in [-0.3, -0.25) is 0 Å². The Morgan fingerprint density at radius 3 is 2.87 bits per heavy atom. The van der Waals surface area contributed by atoms with Crippen molar-refractivity contribution in [1.29, 1.82) is 0 Å². The van der Waals surface area contributed by atoms with E-state index < -0.39 is 0 Å². The van der Waals surface area contributed by atoms with Crippen LogP contribution in [0.15, 0.2) is 28.8 Å². The third kappa shape index (κ3) is 3.19. The second-order valence-corrected chi connectivity index (χ2v) is 6.39. The van der Waals surface area contributed by atoms with Crippen LogP contribution in [0.3, 0.4) is 0 Å². The highest BCUT2D eigenvalue weighted by Gasteiger charge is 2.19. The van der Waals surface area contributed by atoms with Crippen molar-refractivity contribution in [3.05, 3.63) is 51.2 Å². The molecule has 0 saturated heterocycles. The molecular formula is C18H17NO3S. The fraction of sp³-hybridized carbons (Fsp3) is 0.222. The van der Waals surface area contributed by atoms with Gasteiger partial charge in [-0.05, 0) is 44.5 Å². The Kier molecular flexibility index (Phi) is 4.30. The van der Waals surface area contributed by atoms with Gasteiger partial charge in [-0.2, -0.15) is 0 Å². The van der Waals surface area contributed by atoms with E-state index >= 15 is 0 Å². The second kappa shape index (κ2) is 6.38. The summed E-state index contributed by atoms with van der Waals surface area (Å²) in [6.07, 6.45) is 5.87. The number of aryl methyl sites for hydroxylation is 2. The summed E-state index contributed by atoms with van der Waals surface area (Å²) >= 11 is 1.64. The molecule has 0 aliphatic carbocycles. The molecule has 0 N–H and O–H groups in total. The van der Waals surface area contributed by atoms with Crippen molar-refractivity contribution in [3.8, 4) is 0 Å². The first-order chi connectivity index (χ1) is 11.1. The lowest BCUT2D eigenvalue weighted by Gasteiger charge is -2.00. The number of hydrogen-bond donors (Lipinski definition) is 0. The first-order valence-corrected chi connectivity index (χ1v) is 8.21. The molecule has 0 aliphatic heterocycles. The van der Waals surface area contributed by atoms with E-state index in [4.69, 9.17) is 9.15 Å². The van der Waals surface area contributed by atoms with E-state index in [-0.39, 0.29) is 5.97 Å². The topological polar surface area (TPSA) is 52.3 Å². The molecule has 4 nitrogen and oxygen atoms in total. The molecule has 0 bridgehead atoms. The number of fused-ring (bicyclic) bond motifs is 1. The summed E-state index contributed by atoms with van der Waals surface area (Å²) in [5.74, 6) is 0.237. The van der Waals surface area contributed by atoms with E-state index in [9.17, 15) is 4.79 Å². The van der Waals surface area contributed by atoms with E-state index in [1.54, 1.807) is 25.2 Å². The average molecular weight is 327 g/mol. The van der Waals surface area contributed by atoms with Crippen molar-refractivity contribution in [2.45, 2.75) is 20.8 Å². The predicted molar refractivity (Wildman–Crippen MR) is 92.7 cm³/mol. The Morgan fingerprint density at radius 2 is 2.17 bits per heavy atom. The smallest absolute Gasteiger partial charge is 0.342 e. The van der Waals surface area contributed by atoms with Crippen molar-refractivity contribution in [3.63, 3.8) is 0 Å². The lowest BCUT2D eigenvalue weighted by Crippen LogP contribution is -2.05. The van der Waals surface area contributed by atoms with Crippen molar-refractivity contribution in [1.82, 2.24) is 4.98 Å². The van der Waals surface area contributed by atoms with Crippen molar-refractivity contribution in [2.24, 2.45) is 0 Å². The number of hydrogen-bond acceptors (Lipinski definition) is 5. The standard InChI is InChI=1S/C18H17NO3S/c1-4-21-18(20)17-11(2)22-16-8-6-13(9-15(16)17)5-7-14-10-19-12(3)23-14/h5-10H,4H2,1-3H3/b7-5+. The highest BCUT2D eigenvalue weighted by Crippen LogP contribution is 2.28. The van der Waals surface area contributed by atoms with Gasteiger partial charge in [-0.1, -0.05) is 12.1 Å². The number of nitrogens with zero attached hydrogens (tertiary/aromatic N) is 1. The van der Waals surface area contributed by atoms with Crippen LogP contribution < -0.4 is 0 Å². The molecule has 0 aliphatic rings. The predicted octanol–water partition coefficient (Wildman–Crippen LogP) is 4.85. The zero-order chi connectivity index (χ0) is 16.4. The molecular weight excluding hydrogens is 310 g/mol. The maximum atomic E-state index is 12.1. The van der Waals surface area contributed by atoms with Crippen molar-refractivity contribution >= 4 is 40.4 Å². The van der Waals surface area contributed by atoms with Gasteiger partial charge < -0.3 is 9.15 Å². The van der Waals surface area contributed by atoms with Crippen LogP contribution in [0.25, 0.3) is 23.1 Å². The molecule has 3 rings (SSSR count). The first-order valence-electron chi connectivity index (χ1n) is 7.39. The molecule has 0 spiro atoms. The van der Waals surface area contributed by atoms with Crippen LogP contribution >= 0.6 is 11.3 Å². The van der Waals surface area contributed by atoms with Crippen LogP contribution in [0, 0.1) is 13.8 Å². The highest BCUT2D eigenvalue weighted by atomic mass is 32.1. The SMILES string of the molecule is CCOC(=O)c1c(C)oc2ccc(/C=C/c3cnc(C)s3)cc12. The zero-order valence-corrected chi connectivity index (χ0v) is 14.1. The van der Waals surface area contributed by atoms with Gasteiger partial charge in [0.1, 0.15) is 16.9 Å². The molecule has 0 saturated carbocycles. The van der Waals surface area contributed by atoms with Gasteiger partial charge in [0.15, 0.2) is 0 Å². The molecule has 0 atom stereocenters. The summed E-state index contributed by atoms with van der Waals surface area (Å²) in [6, 6.07) is 5.79. The average Bonchev–Trinajstić information content (AvgIpc) is 3.07. The van der Waals surface area contributed by atoms with E-state index in [0.29, 0.717) is 23.5 Å². The third-order valence-electron chi connectivity index (χ3n) is 3.45. The molecule has 0 radical (unpaired) electrons. The molecule has 118 valence electrons. The number of furan rings is 1. The van der Waals surface area contributed by atoms with Crippen LogP contribution in [0.2, 0.25) is 0 Å². The first kappa shape index (κ1) is 15.5. The molecule has 2 aromatic heterocycles. The minimum absolute atomic E-state index is 0.343. The number of esters is 1. The number of aromatic nitrogens is 1. The molecule has 0 fully saturated rings. The van der Waals surface area contributed by atoms with E-state index in [0.717, 1.165) is 20.8 Å². The van der Waals surface area contributed by atoms with Gasteiger partial charge in [-0.15, -0.1) is 11.3 Å². The van der Waals surface area contributed by atoms with Crippen LogP contribution in [0.1, 0.15) is 38.5 Å². The van der Waals surface area contributed by atoms with Crippen LogP contribution in [0.5, 0.6) is 0 Å². The van der Waals surface area contributed by atoms with Gasteiger partial charge in [0.2, 0.25) is 0 Å². The van der Waals surface area contributed by atoms with Crippen LogP contribution in [-0.2, 0) is 4.74 Å². The maximum Gasteiger partial charge on any atom is 0.342 e. The molecule has 5 heteroatoms. The Bertz CT molecular complexity index is 889. The van der Waals surface area contributed by atoms with E-state index in [1.165, 1.54) is 0 Å². The molecule has 3 aromatic rings. The van der Waals surface area contributed by atoms with Crippen LogP contribution in [-0.4, -0.2) is 17.6 Å². The van der Waals surface area contributed by atoms with Gasteiger partial charge in [0, 0.05) is 16.5 Å². The summed E-state index contributed by atoms with van der Waals surface area (Å²) in [4.78, 5) is 17.5. The number of benzene rings is 1. The minimum atomic E-state index is -0.344. The normalized spacial score (nSPS) is 11.4. The summed E-state index contributed by atoms with van der Waals surface area (Å²) in [5, 5.41) is 1.82. The molecule has 1 aromatic carbocycles. The largest absolute Gasteiger partial charge is 0.462 e. The summed E-state index contributed by atoms with van der Waals surface area (Å²) in [6.45, 7) is 5.89. The number of thiazole rings is 1. The molecule has 0 amide bonds. The van der Waals surface area contributed by atoms with Gasteiger partial charge in [-0.25, -0.2) is 9.78 Å². The van der Waals surface area contributed by atoms with Crippen molar-refractivity contribution in [2.75, 3.05) is 6.61 Å². The summed E-state index contributed by atoms with van der Waals surface area (Å²) < 4.78 is 10.8. The van der Waals surface area contributed by atoms with Gasteiger partial charge in [0.25, 0.3) is 0 Å². The summed E-state index contributed by atoms with van der Waals surface area (Å²) in [7, 11) is 0. The molecule has 2 heterocycles. The molecule has 23 heavy (non-hydrogen) atoms. The minimum Gasteiger partial charge on any atom is -0.462 e. The second-order valence-electron chi connectivity index (χ2n) is 5.12. The van der Waals surface area contributed by atoms with E-state index in [2.05, 4.69) is 4.98 Å². The molecule has 0 unspecified atom stereocenters. The quantitative estimate of drug-likeness (QED) is 0.643.